The highest BCUT2D eigenvalue weighted by atomic mass is 16.5. The van der Waals surface area contributed by atoms with Gasteiger partial charge in [-0.2, -0.15) is 0 Å². The number of amides is 1. The van der Waals surface area contributed by atoms with Crippen LogP contribution in [0.4, 0.5) is 0 Å². The van der Waals surface area contributed by atoms with Crippen LogP contribution in [-0.4, -0.2) is 74.7 Å². The van der Waals surface area contributed by atoms with E-state index in [-0.39, 0.29) is 5.91 Å². The number of carbonyl (C=O) groups excluding carboxylic acids is 1. The molecule has 2 saturated heterocycles. The van der Waals surface area contributed by atoms with Crippen molar-refractivity contribution in [1.29, 1.82) is 0 Å². The Labute approximate surface area is 188 Å². The lowest BCUT2D eigenvalue weighted by Crippen LogP contribution is -2.49. The molecule has 0 aromatic heterocycles. The Balaban J connectivity index is 1.35. The average molecular weight is 432 g/mol. The van der Waals surface area contributed by atoms with Crippen molar-refractivity contribution >= 4 is 5.91 Å². The third kappa shape index (κ3) is 7.39. The van der Waals surface area contributed by atoms with Gasteiger partial charge >= 0.3 is 0 Å². The molecule has 6 heteroatoms. The van der Waals surface area contributed by atoms with Crippen LogP contribution >= 0.6 is 0 Å². The van der Waals surface area contributed by atoms with E-state index in [1.807, 2.05) is 6.07 Å². The van der Waals surface area contributed by atoms with E-state index in [1.54, 1.807) is 14.2 Å². The van der Waals surface area contributed by atoms with Crippen LogP contribution in [0.3, 0.4) is 0 Å². The summed E-state index contributed by atoms with van der Waals surface area (Å²) in [4.78, 5) is 17.3. The number of piperidine rings is 2. The Kier molecular flexibility index (Phi) is 9.02. The minimum absolute atomic E-state index is 0.199. The summed E-state index contributed by atoms with van der Waals surface area (Å²) in [7, 11) is 3.39. The smallest absolute Gasteiger partial charge is 0.234 e. The molecule has 2 aliphatic rings. The second-order valence-corrected chi connectivity index (χ2v) is 9.45. The van der Waals surface area contributed by atoms with E-state index in [9.17, 15) is 4.79 Å². The monoisotopic (exact) mass is 431 g/mol. The SMILES string of the molecule is COc1cc(CCC2CCN(CC(=O)NC3CCN(C(C)C)CC3)CC2)cc(OC)c1. The van der Waals surface area contributed by atoms with Gasteiger partial charge in [-0.1, -0.05) is 0 Å². The number of hydrogen-bond donors (Lipinski definition) is 1. The van der Waals surface area contributed by atoms with E-state index >= 15 is 0 Å². The number of likely N-dealkylation sites (tertiary alicyclic amines) is 2. The third-order valence-electron chi connectivity index (χ3n) is 6.95. The lowest BCUT2D eigenvalue weighted by molar-refractivity contribution is -0.123. The van der Waals surface area contributed by atoms with Crippen LogP contribution in [0.25, 0.3) is 0 Å². The van der Waals surface area contributed by atoms with Crippen LogP contribution in [-0.2, 0) is 11.2 Å². The highest BCUT2D eigenvalue weighted by Gasteiger charge is 2.24. The summed E-state index contributed by atoms with van der Waals surface area (Å²) in [5, 5.41) is 3.27. The molecule has 0 saturated carbocycles. The first-order valence-electron chi connectivity index (χ1n) is 11.9. The van der Waals surface area contributed by atoms with Crippen molar-refractivity contribution in [1.82, 2.24) is 15.1 Å². The van der Waals surface area contributed by atoms with Gasteiger partial charge in [-0.05, 0) is 89.1 Å². The Morgan fingerprint density at radius 1 is 1.00 bits per heavy atom. The molecule has 2 fully saturated rings. The molecule has 2 heterocycles. The molecule has 31 heavy (non-hydrogen) atoms. The molecule has 0 unspecified atom stereocenters. The van der Waals surface area contributed by atoms with E-state index < -0.39 is 0 Å². The molecule has 0 spiro atoms. The third-order valence-corrected chi connectivity index (χ3v) is 6.95. The van der Waals surface area contributed by atoms with Gasteiger partial charge in [-0.25, -0.2) is 0 Å². The molecule has 0 atom stereocenters. The first-order valence-corrected chi connectivity index (χ1v) is 11.9. The second kappa shape index (κ2) is 11.7. The van der Waals surface area contributed by atoms with Crippen LogP contribution in [0.1, 0.15) is 51.5 Å². The molecule has 1 amide bonds. The van der Waals surface area contributed by atoms with Crippen LogP contribution in [0.15, 0.2) is 18.2 Å². The van der Waals surface area contributed by atoms with E-state index in [2.05, 4.69) is 41.1 Å². The molecule has 1 aromatic carbocycles. The Morgan fingerprint density at radius 2 is 1.61 bits per heavy atom. The number of benzene rings is 1. The zero-order chi connectivity index (χ0) is 22.2. The van der Waals surface area contributed by atoms with Crippen LogP contribution in [0.2, 0.25) is 0 Å². The van der Waals surface area contributed by atoms with Gasteiger partial charge in [0.25, 0.3) is 0 Å². The molecule has 0 aliphatic carbocycles. The molecule has 1 aromatic rings. The number of methoxy groups -OCH3 is 2. The van der Waals surface area contributed by atoms with Crippen molar-refractivity contribution in [3.8, 4) is 11.5 Å². The van der Waals surface area contributed by atoms with E-state index in [0.717, 1.165) is 62.9 Å². The Hall–Kier alpha value is -1.79. The Bertz CT molecular complexity index is 671. The van der Waals surface area contributed by atoms with Crippen LogP contribution < -0.4 is 14.8 Å². The predicted octanol–water partition coefficient (Wildman–Crippen LogP) is 3.34. The average Bonchev–Trinajstić information content (AvgIpc) is 2.78. The molecule has 6 nitrogen and oxygen atoms in total. The van der Waals surface area contributed by atoms with Gasteiger partial charge in [0.2, 0.25) is 5.91 Å². The van der Waals surface area contributed by atoms with Gasteiger partial charge in [0.1, 0.15) is 11.5 Å². The first kappa shape index (κ1) is 23.9. The normalized spacial score (nSPS) is 19.5. The molecule has 1 N–H and O–H groups in total. The summed E-state index contributed by atoms with van der Waals surface area (Å²) in [6.45, 7) is 9.26. The van der Waals surface area contributed by atoms with Crippen LogP contribution in [0, 0.1) is 5.92 Å². The fourth-order valence-electron chi connectivity index (χ4n) is 4.85. The van der Waals surface area contributed by atoms with Crippen molar-refractivity contribution in [2.24, 2.45) is 5.92 Å². The molecule has 174 valence electrons. The molecular formula is C25H41N3O3. The van der Waals surface area contributed by atoms with Gasteiger partial charge in [-0.15, -0.1) is 0 Å². The van der Waals surface area contributed by atoms with E-state index in [0.29, 0.717) is 18.6 Å². The van der Waals surface area contributed by atoms with Gasteiger partial charge in [0, 0.05) is 31.2 Å². The number of ether oxygens (including phenoxy) is 2. The van der Waals surface area contributed by atoms with Gasteiger partial charge in [-0.3, -0.25) is 9.69 Å². The highest BCUT2D eigenvalue weighted by Crippen LogP contribution is 2.27. The lowest BCUT2D eigenvalue weighted by atomic mass is 9.90. The molecular weight excluding hydrogens is 390 g/mol. The topological polar surface area (TPSA) is 54.0 Å². The second-order valence-electron chi connectivity index (χ2n) is 9.45. The highest BCUT2D eigenvalue weighted by molar-refractivity contribution is 5.78. The first-order chi connectivity index (χ1) is 15.0. The molecule has 0 bridgehead atoms. The fraction of sp³-hybridized carbons (Fsp3) is 0.720. The zero-order valence-corrected chi connectivity index (χ0v) is 19.9. The number of carbonyl (C=O) groups is 1. The lowest BCUT2D eigenvalue weighted by Gasteiger charge is -2.35. The molecule has 3 rings (SSSR count). The van der Waals surface area contributed by atoms with Gasteiger partial charge in [0.05, 0.1) is 20.8 Å². The molecule has 2 aliphatic heterocycles. The zero-order valence-electron chi connectivity index (χ0n) is 19.9. The summed E-state index contributed by atoms with van der Waals surface area (Å²) in [5.41, 5.74) is 1.27. The summed E-state index contributed by atoms with van der Waals surface area (Å²) in [6.07, 6.45) is 6.68. The van der Waals surface area contributed by atoms with Gasteiger partial charge < -0.3 is 19.7 Å². The van der Waals surface area contributed by atoms with E-state index in [1.165, 1.54) is 24.8 Å². The minimum atomic E-state index is 0.199. The minimum Gasteiger partial charge on any atom is -0.497 e. The summed E-state index contributed by atoms with van der Waals surface area (Å²) in [5.74, 6) is 2.62. The van der Waals surface area contributed by atoms with Gasteiger partial charge in [0.15, 0.2) is 0 Å². The predicted molar refractivity (Wildman–Crippen MR) is 125 cm³/mol. The number of nitrogens with one attached hydrogen (secondary N) is 1. The molecule has 0 radical (unpaired) electrons. The maximum absolute atomic E-state index is 12.5. The van der Waals surface area contributed by atoms with Crippen LogP contribution in [0.5, 0.6) is 11.5 Å². The summed E-state index contributed by atoms with van der Waals surface area (Å²) < 4.78 is 10.8. The number of hydrogen-bond acceptors (Lipinski definition) is 5. The largest absolute Gasteiger partial charge is 0.497 e. The van der Waals surface area contributed by atoms with Crippen molar-refractivity contribution in [2.75, 3.05) is 46.9 Å². The van der Waals surface area contributed by atoms with Crippen molar-refractivity contribution in [3.63, 3.8) is 0 Å². The number of aryl methyl sites for hydroxylation is 1. The van der Waals surface area contributed by atoms with Crippen molar-refractivity contribution < 1.29 is 14.3 Å². The summed E-state index contributed by atoms with van der Waals surface area (Å²) >= 11 is 0. The van der Waals surface area contributed by atoms with Crippen molar-refractivity contribution in [2.45, 2.75) is 64.5 Å². The number of nitrogens with zero attached hydrogens (tertiary/aromatic N) is 2. The number of rotatable bonds is 9. The summed E-state index contributed by atoms with van der Waals surface area (Å²) in [6, 6.07) is 7.07. The van der Waals surface area contributed by atoms with Crippen molar-refractivity contribution in [3.05, 3.63) is 23.8 Å². The standard InChI is InChI=1S/C25H41N3O3/c1-19(2)28-13-9-22(10-14-28)26-25(29)18-27-11-7-20(8-12-27)5-6-21-15-23(30-3)17-24(16-21)31-4/h15-17,19-20,22H,5-14,18H2,1-4H3,(H,26,29). The van der Waals surface area contributed by atoms with E-state index in [4.69, 9.17) is 9.47 Å². The maximum Gasteiger partial charge on any atom is 0.234 e. The maximum atomic E-state index is 12.5. The Morgan fingerprint density at radius 3 is 2.16 bits per heavy atom. The quantitative estimate of drug-likeness (QED) is 0.650. The fourth-order valence-corrected chi connectivity index (χ4v) is 4.85.